The molecule has 1 saturated heterocycles. The first kappa shape index (κ1) is 23.2. The van der Waals surface area contributed by atoms with Gasteiger partial charge in [0.15, 0.2) is 5.75 Å². The van der Waals surface area contributed by atoms with Crippen LogP contribution in [0.1, 0.15) is 49.4 Å². The molecule has 0 spiro atoms. The van der Waals surface area contributed by atoms with Crippen molar-refractivity contribution in [3.8, 4) is 5.75 Å². The summed E-state index contributed by atoms with van der Waals surface area (Å²) in [6.07, 6.45) is 2.49. The van der Waals surface area contributed by atoms with Gasteiger partial charge in [0, 0.05) is 12.1 Å². The van der Waals surface area contributed by atoms with E-state index in [9.17, 15) is 14.7 Å². The van der Waals surface area contributed by atoms with E-state index >= 15 is 0 Å². The maximum Gasteiger partial charge on any atom is 0.295 e. The van der Waals surface area contributed by atoms with Crippen LogP contribution in [-0.2, 0) is 16.0 Å². The molecule has 1 fully saturated rings. The van der Waals surface area contributed by atoms with Crippen LogP contribution in [0.15, 0.2) is 42.0 Å². The molecule has 1 amide bonds. The summed E-state index contributed by atoms with van der Waals surface area (Å²) in [4.78, 5) is 27.4. The summed E-state index contributed by atoms with van der Waals surface area (Å²) in [5.41, 5.74) is 2.19. The standard InChI is InChI=1S/C24H25Cl2NO4/c1-4-6-11-27-20(15-9-7-14(5-2)8-10-15)19(22(29)24(27)30)21(28)16-12-17(25)23(31-3)18(26)13-16/h7-10,12-13,20,28H,4-6,11H2,1-3H3/b21-19+. The van der Waals surface area contributed by atoms with Gasteiger partial charge in [-0.3, -0.25) is 9.59 Å². The van der Waals surface area contributed by atoms with Crippen LogP contribution >= 0.6 is 23.2 Å². The summed E-state index contributed by atoms with van der Waals surface area (Å²) < 4.78 is 5.16. The summed E-state index contributed by atoms with van der Waals surface area (Å²) in [5.74, 6) is -1.38. The van der Waals surface area contributed by atoms with Gasteiger partial charge in [-0.1, -0.05) is 67.7 Å². The molecule has 1 aliphatic rings. The normalized spacial score (nSPS) is 18.0. The number of aliphatic hydroxyl groups is 1. The number of ketones is 1. The maximum atomic E-state index is 13.0. The Morgan fingerprint density at radius 2 is 1.71 bits per heavy atom. The van der Waals surface area contributed by atoms with Gasteiger partial charge in [0.05, 0.1) is 28.8 Å². The van der Waals surface area contributed by atoms with Crippen LogP contribution in [0.2, 0.25) is 10.0 Å². The van der Waals surface area contributed by atoms with Gasteiger partial charge in [0.1, 0.15) is 5.76 Å². The van der Waals surface area contributed by atoms with Gasteiger partial charge < -0.3 is 14.7 Å². The van der Waals surface area contributed by atoms with Gasteiger partial charge in [-0.25, -0.2) is 0 Å². The molecule has 2 aromatic carbocycles. The van der Waals surface area contributed by atoms with Crippen LogP contribution in [0.4, 0.5) is 0 Å². The highest BCUT2D eigenvalue weighted by Crippen LogP contribution is 2.42. The molecule has 7 heteroatoms. The molecule has 5 nitrogen and oxygen atoms in total. The fourth-order valence-corrected chi connectivity index (χ4v) is 4.41. The molecule has 0 saturated carbocycles. The highest BCUT2D eigenvalue weighted by Gasteiger charge is 2.45. The Kier molecular flexibility index (Phi) is 7.29. The zero-order chi connectivity index (χ0) is 22.7. The number of hydrogen-bond donors (Lipinski definition) is 1. The molecule has 2 aromatic rings. The lowest BCUT2D eigenvalue weighted by Gasteiger charge is -2.25. The van der Waals surface area contributed by atoms with Crippen LogP contribution in [0, 0.1) is 0 Å². The van der Waals surface area contributed by atoms with E-state index in [1.54, 1.807) is 0 Å². The Balaban J connectivity index is 2.18. The third-order valence-corrected chi connectivity index (χ3v) is 6.03. The lowest BCUT2D eigenvalue weighted by Crippen LogP contribution is -2.30. The SMILES string of the molecule is CCCCN1C(=O)C(=O)/C(=C(/O)c2cc(Cl)c(OC)c(Cl)c2)C1c1ccc(CC)cc1. The number of halogens is 2. The van der Waals surface area contributed by atoms with Crippen molar-refractivity contribution in [3.63, 3.8) is 0 Å². The number of likely N-dealkylation sites (tertiary alicyclic amines) is 1. The molecule has 31 heavy (non-hydrogen) atoms. The average molecular weight is 462 g/mol. The zero-order valence-electron chi connectivity index (χ0n) is 17.7. The second-order valence-electron chi connectivity index (χ2n) is 7.41. The molecular weight excluding hydrogens is 437 g/mol. The molecule has 0 aromatic heterocycles. The number of benzene rings is 2. The predicted molar refractivity (Wildman–Crippen MR) is 123 cm³/mol. The van der Waals surface area contributed by atoms with Crippen molar-refractivity contribution < 1.29 is 19.4 Å². The lowest BCUT2D eigenvalue weighted by molar-refractivity contribution is -0.139. The maximum absolute atomic E-state index is 13.0. The Morgan fingerprint density at radius 1 is 1.10 bits per heavy atom. The van der Waals surface area contributed by atoms with E-state index in [1.807, 2.05) is 31.2 Å². The highest BCUT2D eigenvalue weighted by molar-refractivity contribution is 6.46. The van der Waals surface area contributed by atoms with Crippen molar-refractivity contribution in [1.29, 1.82) is 0 Å². The molecule has 164 valence electrons. The number of ether oxygens (including phenoxy) is 1. The molecule has 0 bridgehead atoms. The molecule has 1 aliphatic heterocycles. The number of nitrogens with zero attached hydrogens (tertiary/aromatic N) is 1. The number of aliphatic hydroxyl groups excluding tert-OH is 1. The van der Waals surface area contributed by atoms with E-state index in [0.717, 1.165) is 30.4 Å². The summed E-state index contributed by atoms with van der Waals surface area (Å²) >= 11 is 12.5. The Bertz CT molecular complexity index is 1010. The van der Waals surface area contributed by atoms with Crippen molar-refractivity contribution in [2.24, 2.45) is 0 Å². The number of unbranched alkanes of at least 4 members (excludes halogenated alkanes) is 1. The lowest BCUT2D eigenvalue weighted by atomic mass is 9.94. The number of rotatable bonds is 7. The van der Waals surface area contributed by atoms with E-state index in [0.29, 0.717) is 6.54 Å². The number of carbonyl (C=O) groups excluding carboxylic acids is 2. The fourth-order valence-electron chi connectivity index (χ4n) is 3.77. The second-order valence-corrected chi connectivity index (χ2v) is 8.23. The van der Waals surface area contributed by atoms with E-state index in [4.69, 9.17) is 27.9 Å². The molecule has 1 atom stereocenters. The van der Waals surface area contributed by atoms with Gasteiger partial charge >= 0.3 is 0 Å². The molecular formula is C24H25Cl2NO4. The third-order valence-electron chi connectivity index (χ3n) is 5.47. The first-order chi connectivity index (χ1) is 14.8. The number of methoxy groups -OCH3 is 1. The van der Waals surface area contributed by atoms with Gasteiger partial charge in [-0.15, -0.1) is 0 Å². The van der Waals surface area contributed by atoms with Gasteiger partial charge in [-0.2, -0.15) is 0 Å². The molecule has 3 rings (SSSR count). The van der Waals surface area contributed by atoms with Crippen molar-refractivity contribution in [3.05, 3.63) is 68.7 Å². The highest BCUT2D eigenvalue weighted by atomic mass is 35.5. The number of amides is 1. The molecule has 0 radical (unpaired) electrons. The van der Waals surface area contributed by atoms with Crippen molar-refractivity contribution >= 4 is 40.7 Å². The number of Topliss-reactive ketones (excluding diaryl/α,β-unsaturated/α-hetero) is 1. The Hall–Kier alpha value is -2.50. The number of aryl methyl sites for hydroxylation is 1. The van der Waals surface area contributed by atoms with Crippen LogP contribution in [0.25, 0.3) is 5.76 Å². The van der Waals surface area contributed by atoms with Crippen molar-refractivity contribution in [2.75, 3.05) is 13.7 Å². The number of carbonyl (C=O) groups is 2. The first-order valence-corrected chi connectivity index (χ1v) is 11.0. The second kappa shape index (κ2) is 9.75. The smallest absolute Gasteiger partial charge is 0.295 e. The zero-order valence-corrected chi connectivity index (χ0v) is 19.3. The summed E-state index contributed by atoms with van der Waals surface area (Å²) in [6.45, 7) is 4.49. The summed E-state index contributed by atoms with van der Waals surface area (Å²) in [5, 5.41) is 11.5. The van der Waals surface area contributed by atoms with E-state index < -0.39 is 17.7 Å². The van der Waals surface area contributed by atoms with Crippen LogP contribution in [0.3, 0.4) is 0 Å². The molecule has 1 unspecified atom stereocenters. The monoisotopic (exact) mass is 461 g/mol. The largest absolute Gasteiger partial charge is 0.507 e. The minimum atomic E-state index is -0.721. The summed E-state index contributed by atoms with van der Waals surface area (Å²) in [6, 6.07) is 9.99. The Labute approximate surface area is 192 Å². The predicted octanol–water partition coefficient (Wildman–Crippen LogP) is 5.79. The first-order valence-electron chi connectivity index (χ1n) is 10.2. The Morgan fingerprint density at radius 3 is 2.23 bits per heavy atom. The van der Waals surface area contributed by atoms with E-state index in [1.165, 1.54) is 24.1 Å². The summed E-state index contributed by atoms with van der Waals surface area (Å²) in [7, 11) is 1.44. The van der Waals surface area contributed by atoms with Gasteiger partial charge in [0.2, 0.25) is 0 Å². The van der Waals surface area contributed by atoms with Crippen LogP contribution < -0.4 is 4.74 Å². The van der Waals surface area contributed by atoms with E-state index in [2.05, 4.69) is 6.92 Å². The van der Waals surface area contributed by atoms with Gasteiger partial charge in [-0.05, 0) is 36.1 Å². The van der Waals surface area contributed by atoms with Crippen molar-refractivity contribution in [1.82, 2.24) is 4.90 Å². The number of hydrogen-bond acceptors (Lipinski definition) is 4. The minimum Gasteiger partial charge on any atom is -0.507 e. The van der Waals surface area contributed by atoms with E-state index in [-0.39, 0.29) is 32.7 Å². The third kappa shape index (κ3) is 4.43. The fraction of sp³-hybridized carbons (Fsp3) is 0.333. The average Bonchev–Trinajstić information content (AvgIpc) is 3.01. The molecule has 0 aliphatic carbocycles. The van der Waals surface area contributed by atoms with Gasteiger partial charge in [0.25, 0.3) is 11.7 Å². The van der Waals surface area contributed by atoms with Crippen molar-refractivity contribution in [2.45, 2.75) is 39.2 Å². The quantitative estimate of drug-likeness (QED) is 0.322. The minimum absolute atomic E-state index is 0.0302. The molecule has 1 heterocycles. The molecule has 1 N–H and O–H groups in total. The van der Waals surface area contributed by atoms with Crippen LogP contribution in [-0.4, -0.2) is 35.4 Å². The van der Waals surface area contributed by atoms with Crippen LogP contribution in [0.5, 0.6) is 5.75 Å². The topological polar surface area (TPSA) is 66.8 Å².